The maximum absolute atomic E-state index is 12.3. The van der Waals surface area contributed by atoms with Gasteiger partial charge < -0.3 is 18.9 Å². The van der Waals surface area contributed by atoms with Crippen LogP contribution < -0.4 is 14.2 Å². The molecule has 0 unspecified atom stereocenters. The van der Waals surface area contributed by atoms with Gasteiger partial charge in [-0.1, -0.05) is 23.7 Å². The van der Waals surface area contributed by atoms with Gasteiger partial charge in [-0.3, -0.25) is 4.79 Å². The highest BCUT2D eigenvalue weighted by Crippen LogP contribution is 2.37. The molecule has 0 saturated carbocycles. The first-order valence-corrected chi connectivity index (χ1v) is 8.62. The Morgan fingerprint density at radius 1 is 1.04 bits per heavy atom. The molecule has 2 rings (SSSR count). The number of carbonyl (C=O) groups excluding carboxylic acids is 2. The van der Waals surface area contributed by atoms with Crippen LogP contribution in [-0.4, -0.2) is 38.7 Å². The Kier molecular flexibility index (Phi) is 7.07. The number of hydrogen-bond donors (Lipinski definition) is 0. The Morgan fingerprint density at radius 2 is 1.70 bits per heavy atom. The molecule has 0 N–H and O–H groups in total. The van der Waals surface area contributed by atoms with Crippen LogP contribution in [-0.2, 0) is 4.74 Å². The predicted molar refractivity (Wildman–Crippen MR) is 101 cm³/mol. The summed E-state index contributed by atoms with van der Waals surface area (Å²) in [6.45, 7) is 3.27. The molecule has 144 valence electrons. The molecule has 7 heteroatoms. The number of methoxy groups -OCH3 is 2. The minimum atomic E-state index is -0.699. The van der Waals surface area contributed by atoms with Gasteiger partial charge in [0.2, 0.25) is 5.78 Å². The number of ether oxygens (including phenoxy) is 4. The largest absolute Gasteiger partial charge is 0.496 e. The van der Waals surface area contributed by atoms with E-state index in [0.717, 1.165) is 0 Å². The van der Waals surface area contributed by atoms with E-state index >= 15 is 0 Å². The third-order valence-corrected chi connectivity index (χ3v) is 3.84. The highest BCUT2D eigenvalue weighted by molar-refractivity contribution is 6.32. The number of para-hydroxylation sites is 1. The van der Waals surface area contributed by atoms with Gasteiger partial charge in [-0.05, 0) is 38.1 Å². The van der Waals surface area contributed by atoms with E-state index in [9.17, 15) is 9.59 Å². The summed E-state index contributed by atoms with van der Waals surface area (Å²) >= 11 is 6.20. The lowest BCUT2D eigenvalue weighted by Crippen LogP contribution is -2.15. The molecular formula is C20H21ClO6. The van der Waals surface area contributed by atoms with E-state index in [1.807, 2.05) is 13.8 Å². The molecule has 2 aromatic carbocycles. The van der Waals surface area contributed by atoms with Crippen molar-refractivity contribution in [1.82, 2.24) is 0 Å². The average molecular weight is 393 g/mol. The molecule has 0 aromatic heterocycles. The number of ketones is 1. The highest BCUT2D eigenvalue weighted by Gasteiger charge is 2.19. The van der Waals surface area contributed by atoms with Crippen molar-refractivity contribution in [3.8, 4) is 17.2 Å². The van der Waals surface area contributed by atoms with Crippen LogP contribution in [0.25, 0.3) is 0 Å². The first-order valence-electron chi connectivity index (χ1n) is 8.24. The van der Waals surface area contributed by atoms with Crippen molar-refractivity contribution in [3.05, 3.63) is 52.5 Å². The standard InChI is InChI=1S/C20H21ClO6/c1-12(2)27-19-15(21)9-13(10-18(19)25-4)20(23)26-11-16(22)14-7-5-6-8-17(14)24-3/h5-10,12H,11H2,1-4H3. The topological polar surface area (TPSA) is 71.1 Å². The first-order chi connectivity index (χ1) is 12.9. The molecule has 0 fully saturated rings. The highest BCUT2D eigenvalue weighted by atomic mass is 35.5. The van der Waals surface area contributed by atoms with Crippen molar-refractivity contribution in [2.24, 2.45) is 0 Å². The number of carbonyl (C=O) groups is 2. The van der Waals surface area contributed by atoms with Crippen molar-refractivity contribution >= 4 is 23.4 Å². The molecule has 0 saturated heterocycles. The molecule has 0 bridgehead atoms. The summed E-state index contributed by atoms with van der Waals surface area (Å²) in [6.07, 6.45) is -0.118. The zero-order valence-corrected chi connectivity index (χ0v) is 16.3. The van der Waals surface area contributed by atoms with Gasteiger partial charge in [0, 0.05) is 0 Å². The van der Waals surface area contributed by atoms with Gasteiger partial charge in [-0.25, -0.2) is 4.79 Å². The van der Waals surface area contributed by atoms with Crippen LogP contribution in [0.3, 0.4) is 0 Å². The summed E-state index contributed by atoms with van der Waals surface area (Å²) in [5.74, 6) is -0.0124. The molecule has 6 nitrogen and oxygen atoms in total. The number of Topliss-reactive ketones (excluding diaryl/α,β-unsaturated/α-hetero) is 1. The van der Waals surface area contributed by atoms with Crippen LogP contribution >= 0.6 is 11.6 Å². The summed E-state index contributed by atoms with van der Waals surface area (Å²) < 4.78 is 21.1. The predicted octanol–water partition coefficient (Wildman–Crippen LogP) is 4.18. The van der Waals surface area contributed by atoms with Gasteiger partial charge >= 0.3 is 5.97 Å². The van der Waals surface area contributed by atoms with E-state index in [0.29, 0.717) is 22.8 Å². The van der Waals surface area contributed by atoms with Crippen LogP contribution in [0.4, 0.5) is 0 Å². The van der Waals surface area contributed by atoms with E-state index in [1.165, 1.54) is 26.4 Å². The van der Waals surface area contributed by atoms with Gasteiger partial charge in [0.25, 0.3) is 0 Å². The van der Waals surface area contributed by atoms with Gasteiger partial charge in [-0.2, -0.15) is 0 Å². The number of esters is 1. The Hall–Kier alpha value is -2.73. The van der Waals surface area contributed by atoms with Crippen LogP contribution in [0.15, 0.2) is 36.4 Å². The third kappa shape index (κ3) is 5.14. The monoisotopic (exact) mass is 392 g/mol. The Bertz CT molecular complexity index is 831. The molecule has 0 aliphatic carbocycles. The summed E-state index contributed by atoms with van der Waals surface area (Å²) in [6, 6.07) is 9.59. The van der Waals surface area contributed by atoms with Crippen molar-refractivity contribution in [2.75, 3.05) is 20.8 Å². The van der Waals surface area contributed by atoms with Crippen molar-refractivity contribution in [2.45, 2.75) is 20.0 Å². The van der Waals surface area contributed by atoms with Crippen molar-refractivity contribution in [1.29, 1.82) is 0 Å². The van der Waals surface area contributed by atoms with Crippen LogP contribution in [0.5, 0.6) is 17.2 Å². The molecule has 2 aromatic rings. The minimum Gasteiger partial charge on any atom is -0.496 e. The number of benzene rings is 2. The van der Waals surface area contributed by atoms with Gasteiger partial charge in [0.05, 0.1) is 36.5 Å². The Balaban J connectivity index is 2.14. The summed E-state index contributed by atoms with van der Waals surface area (Å²) in [4.78, 5) is 24.6. The lowest BCUT2D eigenvalue weighted by Gasteiger charge is -2.16. The zero-order chi connectivity index (χ0) is 20.0. The summed E-state index contributed by atoms with van der Waals surface area (Å²) in [5.41, 5.74) is 0.491. The van der Waals surface area contributed by atoms with E-state index < -0.39 is 12.6 Å². The van der Waals surface area contributed by atoms with Crippen LogP contribution in [0.2, 0.25) is 5.02 Å². The van der Waals surface area contributed by atoms with E-state index in [4.69, 9.17) is 30.5 Å². The fraction of sp³-hybridized carbons (Fsp3) is 0.300. The minimum absolute atomic E-state index is 0.118. The lowest BCUT2D eigenvalue weighted by molar-refractivity contribution is 0.0473. The quantitative estimate of drug-likeness (QED) is 0.495. The fourth-order valence-electron chi connectivity index (χ4n) is 2.35. The first kappa shape index (κ1) is 20.6. The molecule has 0 aliphatic heterocycles. The number of halogens is 1. The lowest BCUT2D eigenvalue weighted by atomic mass is 10.1. The maximum Gasteiger partial charge on any atom is 0.338 e. The molecule has 0 spiro atoms. The second kappa shape index (κ2) is 9.28. The molecule has 0 atom stereocenters. The summed E-state index contributed by atoms with van der Waals surface area (Å²) in [5, 5.41) is 0.214. The van der Waals surface area contributed by atoms with Crippen molar-refractivity contribution in [3.63, 3.8) is 0 Å². The smallest absolute Gasteiger partial charge is 0.338 e. The maximum atomic E-state index is 12.3. The second-order valence-electron chi connectivity index (χ2n) is 5.86. The van der Waals surface area contributed by atoms with Crippen LogP contribution in [0, 0.1) is 0 Å². The molecule has 0 radical (unpaired) electrons. The normalized spacial score (nSPS) is 10.4. The summed E-state index contributed by atoms with van der Waals surface area (Å²) in [7, 11) is 2.91. The molecular weight excluding hydrogens is 372 g/mol. The molecule has 0 heterocycles. The molecule has 0 amide bonds. The van der Waals surface area contributed by atoms with Crippen molar-refractivity contribution < 1.29 is 28.5 Å². The van der Waals surface area contributed by atoms with E-state index in [2.05, 4.69) is 0 Å². The molecule has 0 aliphatic rings. The van der Waals surface area contributed by atoms with Crippen LogP contribution in [0.1, 0.15) is 34.6 Å². The number of hydrogen-bond acceptors (Lipinski definition) is 6. The number of rotatable bonds is 8. The Labute approximate surface area is 162 Å². The molecule has 27 heavy (non-hydrogen) atoms. The Morgan fingerprint density at radius 3 is 2.33 bits per heavy atom. The van der Waals surface area contributed by atoms with Gasteiger partial charge in [0.15, 0.2) is 18.1 Å². The zero-order valence-electron chi connectivity index (χ0n) is 15.6. The van der Waals surface area contributed by atoms with Gasteiger partial charge in [-0.15, -0.1) is 0 Å². The van der Waals surface area contributed by atoms with E-state index in [1.54, 1.807) is 24.3 Å². The average Bonchev–Trinajstić information content (AvgIpc) is 2.66. The third-order valence-electron chi connectivity index (χ3n) is 3.56. The SMILES string of the molecule is COc1ccccc1C(=O)COC(=O)c1cc(Cl)c(OC(C)C)c(OC)c1. The fourth-order valence-corrected chi connectivity index (χ4v) is 2.61. The second-order valence-corrected chi connectivity index (χ2v) is 6.26. The van der Waals surface area contributed by atoms with E-state index in [-0.39, 0.29) is 22.5 Å². The van der Waals surface area contributed by atoms with Gasteiger partial charge in [0.1, 0.15) is 5.75 Å².